The van der Waals surface area contributed by atoms with Gasteiger partial charge in [-0.1, -0.05) is 31.6 Å². The Morgan fingerprint density at radius 1 is 1.29 bits per heavy atom. The van der Waals surface area contributed by atoms with Crippen LogP contribution in [-0.2, 0) is 9.53 Å². The molecule has 0 radical (unpaired) electrons. The Labute approximate surface area is 127 Å². The molecule has 1 aliphatic rings. The Balaban J connectivity index is 2.12. The van der Waals surface area contributed by atoms with Gasteiger partial charge in [-0.2, -0.15) is 0 Å². The van der Waals surface area contributed by atoms with Crippen molar-refractivity contribution in [3.05, 3.63) is 42.0 Å². The Morgan fingerprint density at radius 3 is 2.43 bits per heavy atom. The Bertz CT molecular complexity index is 484. The first-order valence-electron chi connectivity index (χ1n) is 7.56. The summed E-state index contributed by atoms with van der Waals surface area (Å²) in [5.74, 6) is 0.932. The van der Waals surface area contributed by atoms with Crippen LogP contribution in [0.2, 0.25) is 0 Å². The summed E-state index contributed by atoms with van der Waals surface area (Å²) in [6.45, 7) is 6.26. The minimum Gasteiger partial charge on any atom is -0.489 e. The van der Waals surface area contributed by atoms with Crippen LogP contribution in [0.3, 0.4) is 0 Å². The Kier molecular flexibility index (Phi) is 5.43. The van der Waals surface area contributed by atoms with Crippen molar-refractivity contribution in [2.75, 3.05) is 13.7 Å². The number of hydrogen-bond donors (Lipinski definition) is 0. The molecule has 21 heavy (non-hydrogen) atoms. The molecule has 0 aromatic heterocycles. The molecule has 0 heterocycles. The van der Waals surface area contributed by atoms with Gasteiger partial charge in [0.25, 0.3) is 0 Å². The van der Waals surface area contributed by atoms with E-state index >= 15 is 0 Å². The standard InChI is InChI=1S/C18H24O3/c1-13(2)12-21-16-10-8-15(9-11-16)17(18(19)20-3)14-6-4-5-7-14/h8-11,14,17H,1,4-7,12H2,2-3H3. The first-order chi connectivity index (χ1) is 10.1. The lowest BCUT2D eigenvalue weighted by atomic mass is 9.85. The van der Waals surface area contributed by atoms with Crippen LogP contribution in [0.15, 0.2) is 36.4 Å². The molecule has 1 saturated carbocycles. The highest BCUT2D eigenvalue weighted by Crippen LogP contribution is 2.38. The second-order valence-electron chi connectivity index (χ2n) is 5.86. The summed E-state index contributed by atoms with van der Waals surface area (Å²) in [7, 11) is 1.47. The third-order valence-corrected chi connectivity index (χ3v) is 4.05. The van der Waals surface area contributed by atoms with E-state index in [1.165, 1.54) is 20.0 Å². The van der Waals surface area contributed by atoms with Crippen LogP contribution in [0.1, 0.15) is 44.1 Å². The molecule has 0 aliphatic heterocycles. The average molecular weight is 288 g/mol. The number of hydrogen-bond acceptors (Lipinski definition) is 3. The zero-order valence-corrected chi connectivity index (χ0v) is 12.9. The lowest BCUT2D eigenvalue weighted by molar-refractivity contribution is -0.143. The van der Waals surface area contributed by atoms with Crippen molar-refractivity contribution in [3.63, 3.8) is 0 Å². The van der Waals surface area contributed by atoms with Crippen molar-refractivity contribution >= 4 is 5.97 Å². The molecule has 114 valence electrons. The number of esters is 1. The van der Waals surface area contributed by atoms with Gasteiger partial charge in [0, 0.05) is 0 Å². The minimum atomic E-state index is -0.146. The van der Waals surface area contributed by atoms with Crippen LogP contribution >= 0.6 is 0 Å². The van der Waals surface area contributed by atoms with Crippen LogP contribution in [0, 0.1) is 5.92 Å². The zero-order valence-electron chi connectivity index (χ0n) is 12.9. The van der Waals surface area contributed by atoms with E-state index in [9.17, 15) is 4.79 Å². The quantitative estimate of drug-likeness (QED) is 0.584. The van der Waals surface area contributed by atoms with Gasteiger partial charge >= 0.3 is 5.97 Å². The summed E-state index contributed by atoms with van der Waals surface area (Å²) >= 11 is 0. The van der Waals surface area contributed by atoms with Crippen molar-refractivity contribution in [3.8, 4) is 5.75 Å². The summed E-state index contributed by atoms with van der Waals surface area (Å²) in [6, 6.07) is 7.80. The van der Waals surface area contributed by atoms with Crippen molar-refractivity contribution in [2.45, 2.75) is 38.5 Å². The summed E-state index contributed by atoms with van der Waals surface area (Å²) < 4.78 is 10.6. The predicted octanol–water partition coefficient (Wildman–Crippen LogP) is 4.09. The topological polar surface area (TPSA) is 35.5 Å². The monoisotopic (exact) mass is 288 g/mol. The smallest absolute Gasteiger partial charge is 0.313 e. The molecular formula is C18H24O3. The van der Waals surface area contributed by atoms with E-state index in [1.54, 1.807) is 0 Å². The lowest BCUT2D eigenvalue weighted by Gasteiger charge is -2.21. The molecule has 1 fully saturated rings. The highest BCUT2D eigenvalue weighted by atomic mass is 16.5. The van der Waals surface area contributed by atoms with E-state index in [-0.39, 0.29) is 11.9 Å². The molecule has 3 heteroatoms. The largest absolute Gasteiger partial charge is 0.489 e. The van der Waals surface area contributed by atoms with Gasteiger partial charge in [0.15, 0.2) is 0 Å². The van der Waals surface area contributed by atoms with Crippen LogP contribution in [0.25, 0.3) is 0 Å². The van der Waals surface area contributed by atoms with Crippen LogP contribution in [0.4, 0.5) is 0 Å². The molecule has 1 aliphatic carbocycles. The maximum absolute atomic E-state index is 12.1. The van der Waals surface area contributed by atoms with Gasteiger partial charge in [-0.3, -0.25) is 4.79 Å². The Morgan fingerprint density at radius 2 is 1.90 bits per heavy atom. The number of carbonyl (C=O) groups excluding carboxylic acids is 1. The van der Waals surface area contributed by atoms with Crippen LogP contribution in [-0.4, -0.2) is 19.7 Å². The first kappa shape index (κ1) is 15.6. The normalized spacial score (nSPS) is 16.5. The third-order valence-electron chi connectivity index (χ3n) is 4.05. The molecule has 3 nitrogen and oxygen atoms in total. The number of ether oxygens (including phenoxy) is 2. The van der Waals surface area contributed by atoms with Crippen molar-refractivity contribution in [2.24, 2.45) is 5.92 Å². The molecule has 0 spiro atoms. The lowest BCUT2D eigenvalue weighted by Crippen LogP contribution is -2.21. The first-order valence-corrected chi connectivity index (χ1v) is 7.56. The summed E-state index contributed by atoms with van der Waals surface area (Å²) in [4.78, 5) is 12.1. The fourth-order valence-corrected chi connectivity index (χ4v) is 3.00. The third kappa shape index (κ3) is 4.10. The van der Waals surface area contributed by atoms with Gasteiger partial charge in [-0.15, -0.1) is 0 Å². The molecule has 0 amide bonds. The van der Waals surface area contributed by atoms with E-state index in [2.05, 4.69) is 6.58 Å². The van der Waals surface area contributed by atoms with Gasteiger partial charge in [0.05, 0.1) is 13.0 Å². The number of carbonyl (C=O) groups is 1. The van der Waals surface area contributed by atoms with Gasteiger partial charge in [0.2, 0.25) is 0 Å². The highest BCUT2D eigenvalue weighted by Gasteiger charge is 2.32. The molecule has 0 saturated heterocycles. The second-order valence-corrected chi connectivity index (χ2v) is 5.86. The fraction of sp³-hybridized carbons (Fsp3) is 0.500. The van der Waals surface area contributed by atoms with Crippen LogP contribution < -0.4 is 4.74 Å². The van der Waals surface area contributed by atoms with Crippen molar-refractivity contribution < 1.29 is 14.3 Å². The molecule has 1 aromatic rings. The second kappa shape index (κ2) is 7.30. The van der Waals surface area contributed by atoms with E-state index in [0.717, 1.165) is 29.7 Å². The molecule has 1 atom stereocenters. The molecule has 0 bridgehead atoms. The SMILES string of the molecule is C=C(C)COc1ccc(C(C(=O)OC)C2CCCC2)cc1. The van der Waals surface area contributed by atoms with Crippen LogP contribution in [0.5, 0.6) is 5.75 Å². The summed E-state index contributed by atoms with van der Waals surface area (Å²) in [5, 5.41) is 0. The maximum atomic E-state index is 12.1. The summed E-state index contributed by atoms with van der Waals surface area (Å²) in [6.07, 6.45) is 4.62. The van der Waals surface area contributed by atoms with Crippen molar-refractivity contribution in [1.29, 1.82) is 0 Å². The molecule has 1 unspecified atom stereocenters. The molecule has 2 rings (SSSR count). The molecule has 1 aromatic carbocycles. The minimum absolute atomic E-state index is 0.127. The van der Waals surface area contributed by atoms with E-state index in [4.69, 9.17) is 9.47 Å². The van der Waals surface area contributed by atoms with E-state index < -0.39 is 0 Å². The highest BCUT2D eigenvalue weighted by molar-refractivity contribution is 5.78. The van der Waals surface area contributed by atoms with Crippen molar-refractivity contribution in [1.82, 2.24) is 0 Å². The molecule has 0 N–H and O–H groups in total. The summed E-state index contributed by atoms with van der Waals surface area (Å²) in [5.41, 5.74) is 2.01. The van der Waals surface area contributed by atoms with E-state index in [0.29, 0.717) is 12.5 Å². The maximum Gasteiger partial charge on any atom is 0.313 e. The van der Waals surface area contributed by atoms with E-state index in [1.807, 2.05) is 31.2 Å². The number of methoxy groups -OCH3 is 1. The average Bonchev–Trinajstić information content (AvgIpc) is 3.00. The fourth-order valence-electron chi connectivity index (χ4n) is 3.00. The van der Waals surface area contributed by atoms with Gasteiger partial charge in [0.1, 0.15) is 12.4 Å². The number of rotatable bonds is 6. The molecular weight excluding hydrogens is 264 g/mol. The van der Waals surface area contributed by atoms with Gasteiger partial charge in [-0.25, -0.2) is 0 Å². The van der Waals surface area contributed by atoms with Gasteiger partial charge in [-0.05, 0) is 49.0 Å². The predicted molar refractivity (Wildman–Crippen MR) is 83.5 cm³/mol. The van der Waals surface area contributed by atoms with Gasteiger partial charge < -0.3 is 9.47 Å². The zero-order chi connectivity index (χ0) is 15.2. The number of benzene rings is 1. The Hall–Kier alpha value is -1.77.